The fraction of sp³-hybridized carbons (Fsp3) is 0.500. The zero-order valence-corrected chi connectivity index (χ0v) is 10.8. The number of carbonyl (C=O) groups excluding carboxylic acids is 1. The Morgan fingerprint density at radius 1 is 1.59 bits per heavy atom. The lowest BCUT2D eigenvalue weighted by molar-refractivity contribution is -0.118. The molecule has 0 aliphatic heterocycles. The molecule has 1 atom stereocenters. The van der Waals surface area contributed by atoms with Gasteiger partial charge in [0.15, 0.2) is 0 Å². The van der Waals surface area contributed by atoms with Crippen LogP contribution in [-0.4, -0.2) is 17.4 Å². The first kappa shape index (κ1) is 13.7. The summed E-state index contributed by atoms with van der Waals surface area (Å²) in [7, 11) is 0. The van der Waals surface area contributed by atoms with Crippen molar-refractivity contribution in [3.05, 3.63) is 24.2 Å². The average Bonchev–Trinajstić information content (AvgIpc) is 2.68. The molecule has 0 radical (unpaired) electrons. The normalized spacial score (nSPS) is 12.1. The quantitative estimate of drug-likeness (QED) is 0.726. The number of thiocarbonyl (C=S) groups is 1. The molecule has 1 amide bonds. The van der Waals surface area contributed by atoms with E-state index < -0.39 is 0 Å². The van der Waals surface area contributed by atoms with Crippen molar-refractivity contribution < 1.29 is 9.21 Å². The molecule has 1 aromatic heterocycles. The summed E-state index contributed by atoms with van der Waals surface area (Å²) in [5, 5.41) is 3.14. The number of furan rings is 1. The van der Waals surface area contributed by atoms with Crippen LogP contribution in [-0.2, 0) is 11.2 Å². The van der Waals surface area contributed by atoms with Crippen LogP contribution in [0.15, 0.2) is 22.8 Å². The van der Waals surface area contributed by atoms with Crippen LogP contribution in [0.2, 0.25) is 0 Å². The maximum absolute atomic E-state index is 10.7. The summed E-state index contributed by atoms with van der Waals surface area (Å²) in [4.78, 5) is 11.5. The van der Waals surface area contributed by atoms with E-state index in [1.807, 2.05) is 19.1 Å². The van der Waals surface area contributed by atoms with Gasteiger partial charge in [-0.05, 0) is 18.1 Å². The summed E-state index contributed by atoms with van der Waals surface area (Å²) in [6.07, 6.45) is 3.52. The molecule has 1 heterocycles. The standard InChI is InChI=1S/C12H18N2O2S/c1-9(7-11(13)15)8-12(17)14-5-4-10-3-2-6-16-10/h2-3,6,9H,4-5,7-8H2,1H3,(H2,13,15)(H,14,17)/t9-/m1/s1. The second-order valence-corrected chi connectivity index (χ2v) is 4.65. The van der Waals surface area contributed by atoms with Crippen molar-refractivity contribution in [2.24, 2.45) is 11.7 Å². The zero-order valence-electron chi connectivity index (χ0n) is 9.94. The minimum atomic E-state index is -0.282. The van der Waals surface area contributed by atoms with Gasteiger partial charge in [-0.1, -0.05) is 19.1 Å². The van der Waals surface area contributed by atoms with Crippen LogP contribution < -0.4 is 11.1 Å². The molecule has 0 aromatic carbocycles. The Hall–Kier alpha value is -1.36. The highest BCUT2D eigenvalue weighted by Gasteiger charge is 2.08. The first-order valence-corrected chi connectivity index (χ1v) is 6.06. The number of hydrogen-bond acceptors (Lipinski definition) is 3. The minimum absolute atomic E-state index is 0.191. The van der Waals surface area contributed by atoms with Gasteiger partial charge >= 0.3 is 0 Å². The van der Waals surface area contributed by atoms with Crippen LogP contribution in [0.3, 0.4) is 0 Å². The lowest BCUT2D eigenvalue weighted by atomic mass is 10.0. The molecular formula is C12H18N2O2S. The first-order valence-electron chi connectivity index (χ1n) is 5.65. The molecule has 0 fully saturated rings. The van der Waals surface area contributed by atoms with Crippen molar-refractivity contribution in [1.82, 2.24) is 5.32 Å². The van der Waals surface area contributed by atoms with Crippen LogP contribution in [0, 0.1) is 5.92 Å². The summed E-state index contributed by atoms with van der Waals surface area (Å²) < 4.78 is 5.20. The molecule has 0 aliphatic carbocycles. The molecule has 4 nitrogen and oxygen atoms in total. The van der Waals surface area contributed by atoms with Gasteiger partial charge in [0.1, 0.15) is 5.76 Å². The summed E-state index contributed by atoms with van der Waals surface area (Å²) in [6.45, 7) is 2.71. The van der Waals surface area contributed by atoms with Crippen LogP contribution in [0.25, 0.3) is 0 Å². The van der Waals surface area contributed by atoms with Gasteiger partial charge in [0.2, 0.25) is 5.91 Å². The zero-order chi connectivity index (χ0) is 12.7. The minimum Gasteiger partial charge on any atom is -0.469 e. The third kappa shape index (κ3) is 6.06. The highest BCUT2D eigenvalue weighted by atomic mass is 32.1. The van der Waals surface area contributed by atoms with Crippen molar-refractivity contribution in [2.45, 2.75) is 26.2 Å². The second-order valence-electron chi connectivity index (χ2n) is 4.16. The van der Waals surface area contributed by atoms with Crippen molar-refractivity contribution in [2.75, 3.05) is 6.54 Å². The number of amides is 1. The summed E-state index contributed by atoms with van der Waals surface area (Å²) in [6, 6.07) is 3.79. The molecule has 0 spiro atoms. The number of hydrogen-bond donors (Lipinski definition) is 2. The van der Waals surface area contributed by atoms with Crippen molar-refractivity contribution in [1.29, 1.82) is 0 Å². The molecular weight excluding hydrogens is 236 g/mol. The van der Waals surface area contributed by atoms with E-state index in [0.717, 1.165) is 23.7 Å². The number of rotatable bonds is 7. The Morgan fingerprint density at radius 2 is 2.35 bits per heavy atom. The van der Waals surface area contributed by atoms with Crippen LogP contribution in [0.1, 0.15) is 25.5 Å². The highest BCUT2D eigenvalue weighted by molar-refractivity contribution is 7.80. The Kier molecular flexibility index (Phi) is 5.69. The van der Waals surface area contributed by atoms with Gasteiger partial charge in [-0.15, -0.1) is 0 Å². The second kappa shape index (κ2) is 7.06. The van der Waals surface area contributed by atoms with E-state index in [1.54, 1.807) is 6.26 Å². The fourth-order valence-corrected chi connectivity index (χ4v) is 1.97. The lowest BCUT2D eigenvalue weighted by Crippen LogP contribution is -2.26. The molecule has 0 aliphatic rings. The largest absolute Gasteiger partial charge is 0.469 e. The van der Waals surface area contributed by atoms with E-state index in [0.29, 0.717) is 12.8 Å². The van der Waals surface area contributed by atoms with Crippen LogP contribution in [0.5, 0.6) is 0 Å². The highest BCUT2D eigenvalue weighted by Crippen LogP contribution is 2.07. The van der Waals surface area contributed by atoms with Gasteiger partial charge in [-0.25, -0.2) is 0 Å². The summed E-state index contributed by atoms with van der Waals surface area (Å²) in [5.41, 5.74) is 5.12. The smallest absolute Gasteiger partial charge is 0.217 e. The fourth-order valence-electron chi connectivity index (χ4n) is 1.58. The molecule has 17 heavy (non-hydrogen) atoms. The molecule has 0 unspecified atom stereocenters. The predicted molar refractivity (Wildman–Crippen MR) is 70.6 cm³/mol. The van der Waals surface area contributed by atoms with Crippen LogP contribution >= 0.6 is 12.2 Å². The SMILES string of the molecule is C[C@H](CC(N)=O)CC(=S)NCCc1ccco1. The van der Waals surface area contributed by atoms with Gasteiger partial charge < -0.3 is 15.5 Å². The van der Waals surface area contributed by atoms with Gasteiger partial charge in [-0.3, -0.25) is 4.79 Å². The molecule has 0 bridgehead atoms. The maximum Gasteiger partial charge on any atom is 0.217 e. The third-order valence-electron chi connectivity index (χ3n) is 2.36. The third-order valence-corrected chi connectivity index (χ3v) is 2.67. The van der Waals surface area contributed by atoms with E-state index in [-0.39, 0.29) is 11.8 Å². The summed E-state index contributed by atoms with van der Waals surface area (Å²) >= 11 is 5.18. The van der Waals surface area contributed by atoms with Gasteiger partial charge in [0.25, 0.3) is 0 Å². The van der Waals surface area contributed by atoms with Gasteiger partial charge in [0.05, 0.1) is 11.3 Å². The predicted octanol–water partition coefficient (Wildman–Crippen LogP) is 1.64. The summed E-state index contributed by atoms with van der Waals surface area (Å²) in [5.74, 6) is 0.845. The Morgan fingerprint density at radius 3 is 2.94 bits per heavy atom. The Bertz CT molecular complexity index is 363. The topological polar surface area (TPSA) is 68.3 Å². The molecule has 1 aromatic rings. The van der Waals surface area contributed by atoms with E-state index in [1.165, 1.54) is 0 Å². The van der Waals surface area contributed by atoms with E-state index in [2.05, 4.69) is 5.32 Å². The number of nitrogens with one attached hydrogen (secondary N) is 1. The van der Waals surface area contributed by atoms with Gasteiger partial charge in [0, 0.05) is 25.8 Å². The molecule has 5 heteroatoms. The van der Waals surface area contributed by atoms with Crippen molar-refractivity contribution in [3.63, 3.8) is 0 Å². The first-order chi connectivity index (χ1) is 8.08. The Labute approximate surface area is 107 Å². The molecule has 0 saturated carbocycles. The lowest BCUT2D eigenvalue weighted by Gasteiger charge is -2.11. The van der Waals surface area contributed by atoms with E-state index in [9.17, 15) is 4.79 Å². The molecule has 94 valence electrons. The van der Waals surface area contributed by atoms with Crippen molar-refractivity contribution in [3.8, 4) is 0 Å². The monoisotopic (exact) mass is 254 g/mol. The van der Waals surface area contributed by atoms with Gasteiger partial charge in [-0.2, -0.15) is 0 Å². The molecule has 1 rings (SSSR count). The number of primary amides is 1. The number of nitrogens with two attached hydrogens (primary N) is 1. The maximum atomic E-state index is 10.7. The van der Waals surface area contributed by atoms with Crippen molar-refractivity contribution >= 4 is 23.1 Å². The van der Waals surface area contributed by atoms with E-state index in [4.69, 9.17) is 22.4 Å². The Balaban J connectivity index is 2.14. The number of carbonyl (C=O) groups is 1. The average molecular weight is 254 g/mol. The molecule has 3 N–H and O–H groups in total. The molecule has 0 saturated heterocycles. The van der Waals surface area contributed by atoms with E-state index >= 15 is 0 Å². The van der Waals surface area contributed by atoms with Crippen LogP contribution in [0.4, 0.5) is 0 Å².